The first-order valence-corrected chi connectivity index (χ1v) is 9.47. The minimum absolute atomic E-state index is 0.450. The van der Waals surface area contributed by atoms with E-state index in [4.69, 9.17) is 9.47 Å². The fourth-order valence-corrected chi connectivity index (χ4v) is 4.21. The second-order valence-electron chi connectivity index (χ2n) is 8.65. The van der Waals surface area contributed by atoms with Crippen LogP contribution < -0.4 is 0 Å². The van der Waals surface area contributed by atoms with Gasteiger partial charge in [-0.15, -0.1) is 0 Å². The lowest BCUT2D eigenvalue weighted by Gasteiger charge is -2.57. The lowest BCUT2D eigenvalue weighted by atomic mass is 9.58. The minimum Gasteiger partial charge on any atom is -0.394 e. The number of hydrogen-bond acceptors (Lipinski definition) is 8. The van der Waals surface area contributed by atoms with Gasteiger partial charge in [-0.05, 0) is 38.5 Å². The lowest BCUT2D eigenvalue weighted by Crippen LogP contribution is -2.67. The summed E-state index contributed by atoms with van der Waals surface area (Å²) in [6.45, 7) is 6.51. The van der Waals surface area contributed by atoms with Gasteiger partial charge in [-0.2, -0.15) is 0 Å². The van der Waals surface area contributed by atoms with Gasteiger partial charge in [0, 0.05) is 0 Å². The second-order valence-corrected chi connectivity index (χ2v) is 8.65. The maximum atomic E-state index is 11.6. The van der Waals surface area contributed by atoms with Crippen LogP contribution in [0.3, 0.4) is 0 Å². The topological polar surface area (TPSA) is 140 Å². The van der Waals surface area contributed by atoms with Gasteiger partial charge in [-0.3, -0.25) is 0 Å². The summed E-state index contributed by atoms with van der Waals surface area (Å²) in [7, 11) is 0. The zero-order valence-electron chi connectivity index (χ0n) is 16.4. The molecule has 1 aliphatic carbocycles. The molecule has 0 aromatic carbocycles. The van der Waals surface area contributed by atoms with Crippen molar-refractivity contribution in [1.82, 2.24) is 0 Å². The summed E-state index contributed by atoms with van der Waals surface area (Å²) >= 11 is 0. The Morgan fingerprint density at radius 3 is 2.30 bits per heavy atom. The Morgan fingerprint density at radius 1 is 1.11 bits per heavy atom. The fourth-order valence-electron chi connectivity index (χ4n) is 4.21. The van der Waals surface area contributed by atoms with Gasteiger partial charge >= 0.3 is 0 Å². The van der Waals surface area contributed by atoms with Crippen LogP contribution in [0.5, 0.6) is 0 Å². The average molecular weight is 390 g/mol. The van der Waals surface area contributed by atoms with Crippen LogP contribution in [-0.2, 0) is 9.47 Å². The van der Waals surface area contributed by atoms with Gasteiger partial charge in [-0.1, -0.05) is 26.0 Å². The van der Waals surface area contributed by atoms with Crippen molar-refractivity contribution in [2.45, 2.75) is 95.0 Å². The zero-order valence-corrected chi connectivity index (χ0v) is 16.4. The van der Waals surface area contributed by atoms with Crippen molar-refractivity contribution in [3.63, 3.8) is 0 Å². The summed E-state index contributed by atoms with van der Waals surface area (Å²) in [4.78, 5) is 0. The van der Waals surface area contributed by atoms with Crippen LogP contribution in [0.25, 0.3) is 0 Å². The molecule has 0 aromatic rings. The highest BCUT2D eigenvalue weighted by Gasteiger charge is 2.60. The molecule has 2 fully saturated rings. The van der Waals surface area contributed by atoms with E-state index in [0.717, 1.165) is 12.8 Å². The Balaban J connectivity index is 2.35. The van der Waals surface area contributed by atoms with Crippen molar-refractivity contribution in [2.75, 3.05) is 6.61 Å². The molecule has 6 N–H and O–H groups in total. The molecule has 2 aliphatic rings. The van der Waals surface area contributed by atoms with Gasteiger partial charge in [0.05, 0.1) is 12.7 Å². The van der Waals surface area contributed by atoms with E-state index in [9.17, 15) is 30.6 Å². The molecular weight excluding hydrogens is 356 g/mol. The van der Waals surface area contributed by atoms with E-state index in [2.05, 4.69) is 0 Å². The summed E-state index contributed by atoms with van der Waals surface area (Å²) < 4.78 is 11.5. The molecule has 27 heavy (non-hydrogen) atoms. The molecule has 1 saturated heterocycles. The molecule has 1 heterocycles. The van der Waals surface area contributed by atoms with Crippen LogP contribution in [0, 0.1) is 5.41 Å². The first kappa shape index (κ1) is 22.7. The average Bonchev–Trinajstić information content (AvgIpc) is 2.58. The fraction of sp³-hybridized carbons (Fsp3) is 0.895. The SMILES string of the molecule is C[C@@H](O)/C=C/[C@@]1(O)C(C)(C)CCC[C@@]1(C)O[C@@H]1O[C@@H](CO)[C@@H](O)[C@@H](O)[C@H]1O. The number of aliphatic hydroxyl groups excluding tert-OH is 5. The highest BCUT2D eigenvalue weighted by atomic mass is 16.7. The van der Waals surface area contributed by atoms with Crippen molar-refractivity contribution in [2.24, 2.45) is 5.41 Å². The number of ether oxygens (including phenoxy) is 2. The van der Waals surface area contributed by atoms with Crippen LogP contribution >= 0.6 is 0 Å². The van der Waals surface area contributed by atoms with Crippen molar-refractivity contribution in [1.29, 1.82) is 0 Å². The van der Waals surface area contributed by atoms with Crippen LogP contribution in [-0.4, -0.2) is 85.3 Å². The van der Waals surface area contributed by atoms with E-state index in [1.54, 1.807) is 13.8 Å². The van der Waals surface area contributed by atoms with Crippen LogP contribution in [0.15, 0.2) is 12.2 Å². The molecule has 8 nitrogen and oxygen atoms in total. The Hall–Kier alpha value is -0.580. The predicted molar refractivity (Wildman–Crippen MR) is 96.7 cm³/mol. The van der Waals surface area contributed by atoms with Gasteiger partial charge in [0.15, 0.2) is 6.29 Å². The lowest BCUT2D eigenvalue weighted by molar-refractivity contribution is -0.352. The van der Waals surface area contributed by atoms with E-state index in [-0.39, 0.29) is 0 Å². The van der Waals surface area contributed by atoms with Crippen molar-refractivity contribution >= 4 is 0 Å². The van der Waals surface area contributed by atoms with Gasteiger partial charge < -0.3 is 40.1 Å². The van der Waals surface area contributed by atoms with Crippen LogP contribution in [0.1, 0.15) is 47.0 Å². The largest absolute Gasteiger partial charge is 0.394 e. The highest BCUT2D eigenvalue weighted by molar-refractivity contribution is 5.21. The standard InChI is InChI=1S/C19H34O8/c1-11(21)6-9-19(25)17(2,3)7-5-8-18(19,4)27-16-15(24)14(23)13(22)12(10-20)26-16/h6,9,11-16,20-25H,5,7-8,10H2,1-4H3/b9-6+/t11-,12+,13-,14-,15-,16+,18-,19-/m1/s1. The molecule has 1 aliphatic heterocycles. The van der Waals surface area contributed by atoms with Crippen LogP contribution in [0.2, 0.25) is 0 Å². The smallest absolute Gasteiger partial charge is 0.187 e. The predicted octanol–water partition coefficient (Wildman–Crippen LogP) is -0.560. The van der Waals surface area contributed by atoms with Gasteiger partial charge in [0.2, 0.25) is 0 Å². The highest BCUT2D eigenvalue weighted by Crippen LogP contribution is 2.52. The summed E-state index contributed by atoms with van der Waals surface area (Å²) in [6.07, 6.45) is -2.82. The molecule has 158 valence electrons. The Labute approximate surface area is 160 Å². The molecule has 0 radical (unpaired) electrons. The first-order chi connectivity index (χ1) is 12.4. The summed E-state index contributed by atoms with van der Waals surface area (Å²) in [5, 5.41) is 60.9. The quantitative estimate of drug-likeness (QED) is 0.343. The molecule has 8 heteroatoms. The molecule has 1 saturated carbocycles. The minimum atomic E-state index is -1.55. The normalized spacial score (nSPS) is 46.5. The van der Waals surface area contributed by atoms with E-state index in [1.165, 1.54) is 12.2 Å². The molecule has 0 bridgehead atoms. The number of rotatable bonds is 5. The Morgan fingerprint density at radius 2 is 1.74 bits per heavy atom. The van der Waals surface area contributed by atoms with Gasteiger partial charge in [0.25, 0.3) is 0 Å². The summed E-state index contributed by atoms with van der Waals surface area (Å²) in [5.74, 6) is 0. The molecule has 0 aromatic heterocycles. The summed E-state index contributed by atoms with van der Waals surface area (Å²) in [6, 6.07) is 0. The van der Waals surface area contributed by atoms with Gasteiger partial charge in [0.1, 0.15) is 35.6 Å². The third-order valence-corrected chi connectivity index (χ3v) is 6.13. The number of aliphatic hydroxyl groups is 6. The van der Waals surface area contributed by atoms with Gasteiger partial charge in [-0.25, -0.2) is 0 Å². The van der Waals surface area contributed by atoms with E-state index >= 15 is 0 Å². The number of hydrogen-bond donors (Lipinski definition) is 6. The molecular formula is C19H34O8. The van der Waals surface area contributed by atoms with E-state index < -0.39 is 60.0 Å². The summed E-state index contributed by atoms with van der Waals surface area (Å²) in [5.41, 5.74) is -3.29. The van der Waals surface area contributed by atoms with E-state index in [1.807, 2.05) is 13.8 Å². The van der Waals surface area contributed by atoms with Crippen molar-refractivity contribution < 1.29 is 40.1 Å². The maximum Gasteiger partial charge on any atom is 0.187 e. The third kappa shape index (κ3) is 4.09. The van der Waals surface area contributed by atoms with Crippen LogP contribution in [0.4, 0.5) is 0 Å². The Bertz CT molecular complexity index is 534. The van der Waals surface area contributed by atoms with Crippen molar-refractivity contribution in [3.05, 3.63) is 12.2 Å². The first-order valence-electron chi connectivity index (χ1n) is 9.47. The third-order valence-electron chi connectivity index (χ3n) is 6.13. The monoisotopic (exact) mass is 390 g/mol. The zero-order chi connectivity index (χ0) is 20.6. The maximum absolute atomic E-state index is 11.6. The molecule has 0 spiro atoms. The second kappa shape index (κ2) is 8.04. The molecule has 0 amide bonds. The molecule has 2 rings (SSSR count). The van der Waals surface area contributed by atoms with Crippen molar-refractivity contribution in [3.8, 4) is 0 Å². The molecule has 8 atom stereocenters. The molecule has 0 unspecified atom stereocenters. The Kier molecular flexibility index (Phi) is 6.76. The van der Waals surface area contributed by atoms with E-state index in [0.29, 0.717) is 6.42 Å².